The molecule has 2 aromatic heterocycles. The first-order valence-corrected chi connectivity index (χ1v) is 12.9. The number of pyridine rings is 1. The monoisotopic (exact) mass is 512 g/mol. The lowest BCUT2D eigenvalue weighted by Crippen LogP contribution is -2.50. The summed E-state index contributed by atoms with van der Waals surface area (Å²) in [7, 11) is 0. The van der Waals surface area contributed by atoms with E-state index in [1.54, 1.807) is 12.3 Å². The van der Waals surface area contributed by atoms with E-state index in [9.17, 15) is 4.79 Å². The summed E-state index contributed by atoms with van der Waals surface area (Å²) in [4.78, 5) is 19.2. The molecule has 1 saturated carbocycles. The van der Waals surface area contributed by atoms with Crippen LogP contribution in [0.2, 0.25) is 10.0 Å². The van der Waals surface area contributed by atoms with Gasteiger partial charge in [-0.25, -0.2) is 9.78 Å². The lowest BCUT2D eigenvalue weighted by molar-refractivity contribution is -0.0158. The van der Waals surface area contributed by atoms with Gasteiger partial charge < -0.3 is 14.2 Å². The number of carbonyl (C=O) groups excluding carboxylic acids is 1. The molecule has 0 spiro atoms. The summed E-state index contributed by atoms with van der Waals surface area (Å²) in [6.45, 7) is 0.385. The molecule has 2 amide bonds. The molecular weight excluding hydrogens is 487 g/mol. The number of anilines is 1. The number of hydrogen-bond donors (Lipinski definition) is 1. The fourth-order valence-corrected chi connectivity index (χ4v) is 6.03. The van der Waals surface area contributed by atoms with E-state index in [4.69, 9.17) is 32.5 Å². The van der Waals surface area contributed by atoms with Crippen molar-refractivity contribution in [3.63, 3.8) is 0 Å². The average Bonchev–Trinajstić information content (AvgIpc) is 3.55. The summed E-state index contributed by atoms with van der Waals surface area (Å²) in [6.07, 6.45) is 7.49. The second-order valence-corrected chi connectivity index (χ2v) is 10.4. The van der Waals surface area contributed by atoms with E-state index in [0.717, 1.165) is 49.8 Å². The van der Waals surface area contributed by atoms with Crippen molar-refractivity contribution in [2.75, 3.05) is 5.32 Å². The number of aromatic nitrogens is 2. The van der Waals surface area contributed by atoms with Gasteiger partial charge in [0.15, 0.2) is 0 Å². The molecule has 2 atom stereocenters. The van der Waals surface area contributed by atoms with Crippen molar-refractivity contribution in [2.45, 2.75) is 69.2 Å². The Morgan fingerprint density at radius 2 is 1.80 bits per heavy atom. The third-order valence-electron chi connectivity index (χ3n) is 7.25. The molecule has 1 aromatic carbocycles. The van der Waals surface area contributed by atoms with Gasteiger partial charge in [0.05, 0.1) is 22.8 Å². The Morgan fingerprint density at radius 1 is 1.06 bits per heavy atom. The molecule has 9 heteroatoms. The van der Waals surface area contributed by atoms with Crippen LogP contribution in [-0.2, 0) is 11.3 Å². The summed E-state index contributed by atoms with van der Waals surface area (Å²) >= 11 is 13.0. The Hall–Kier alpha value is -2.61. The smallest absolute Gasteiger partial charge is 0.323 e. The van der Waals surface area contributed by atoms with Crippen LogP contribution < -0.4 is 5.32 Å². The van der Waals surface area contributed by atoms with Crippen LogP contribution in [0.15, 0.2) is 47.1 Å². The van der Waals surface area contributed by atoms with E-state index in [1.165, 1.54) is 0 Å². The first kappa shape index (κ1) is 22.8. The quantitative estimate of drug-likeness (QED) is 0.399. The van der Waals surface area contributed by atoms with Crippen molar-refractivity contribution in [3.8, 4) is 11.3 Å². The van der Waals surface area contributed by atoms with E-state index in [1.807, 2.05) is 35.2 Å². The predicted octanol–water partition coefficient (Wildman–Crippen LogP) is 6.66. The van der Waals surface area contributed by atoms with E-state index < -0.39 is 0 Å². The maximum Gasteiger partial charge on any atom is 0.323 e. The van der Waals surface area contributed by atoms with Gasteiger partial charge in [0, 0.05) is 35.3 Å². The largest absolute Gasteiger partial charge is 0.373 e. The number of ether oxygens (including phenoxy) is 1. The van der Waals surface area contributed by atoms with Gasteiger partial charge in [0.2, 0.25) is 0 Å². The number of carbonyl (C=O) groups is 1. The minimum atomic E-state index is -0.0830. The Bertz CT molecular complexity index is 1200. The van der Waals surface area contributed by atoms with Crippen LogP contribution in [0.3, 0.4) is 0 Å². The zero-order valence-corrected chi connectivity index (χ0v) is 20.6. The molecule has 2 unspecified atom stereocenters. The van der Waals surface area contributed by atoms with Crippen LogP contribution in [-0.4, -0.2) is 39.3 Å². The first-order chi connectivity index (χ1) is 17.1. The number of amides is 2. The van der Waals surface area contributed by atoms with Gasteiger partial charge in [0.25, 0.3) is 0 Å². The molecule has 0 radical (unpaired) electrons. The average molecular weight is 513 g/mol. The Labute approximate surface area is 213 Å². The van der Waals surface area contributed by atoms with Crippen molar-refractivity contribution < 1.29 is 14.1 Å². The second-order valence-electron chi connectivity index (χ2n) is 9.59. The Balaban J connectivity index is 1.16. The number of fused-ring (bicyclic) bond motifs is 2. The lowest BCUT2D eigenvalue weighted by atomic mass is 9.99. The Morgan fingerprint density at radius 3 is 2.46 bits per heavy atom. The van der Waals surface area contributed by atoms with Gasteiger partial charge in [-0.2, -0.15) is 0 Å². The summed E-state index contributed by atoms with van der Waals surface area (Å²) in [5.41, 5.74) is 2.29. The lowest BCUT2D eigenvalue weighted by Gasteiger charge is -2.38. The first-order valence-electron chi connectivity index (χ1n) is 12.1. The van der Waals surface area contributed by atoms with Crippen molar-refractivity contribution >= 4 is 35.1 Å². The molecule has 4 heterocycles. The van der Waals surface area contributed by atoms with Crippen molar-refractivity contribution in [2.24, 2.45) is 0 Å². The molecule has 7 nitrogen and oxygen atoms in total. The normalized spacial score (nSPS) is 23.5. The zero-order chi connectivity index (χ0) is 23.9. The highest BCUT2D eigenvalue weighted by molar-refractivity contribution is 6.39. The molecule has 6 rings (SSSR count). The summed E-state index contributed by atoms with van der Waals surface area (Å²) in [5, 5.41) is 8.38. The fraction of sp³-hybridized carbons (Fsp3) is 0.423. The molecule has 35 heavy (non-hydrogen) atoms. The number of rotatable bonds is 6. The second kappa shape index (κ2) is 9.45. The van der Waals surface area contributed by atoms with Crippen LogP contribution in [0.25, 0.3) is 11.3 Å². The van der Waals surface area contributed by atoms with Crippen LogP contribution in [0.5, 0.6) is 0 Å². The summed E-state index contributed by atoms with van der Waals surface area (Å²) in [6, 6.07) is 11.2. The third kappa shape index (κ3) is 4.53. The number of nitrogens with zero attached hydrogens (tertiary/aromatic N) is 3. The summed E-state index contributed by atoms with van der Waals surface area (Å²) in [5.74, 6) is 1.83. The highest BCUT2D eigenvalue weighted by atomic mass is 35.5. The van der Waals surface area contributed by atoms with Gasteiger partial charge in [-0.1, -0.05) is 40.5 Å². The van der Waals surface area contributed by atoms with E-state index in [-0.39, 0.29) is 24.2 Å². The maximum atomic E-state index is 13.0. The highest BCUT2D eigenvalue weighted by Gasteiger charge is 2.44. The van der Waals surface area contributed by atoms with Crippen molar-refractivity contribution in [1.82, 2.24) is 15.0 Å². The van der Waals surface area contributed by atoms with Crippen LogP contribution in [0.1, 0.15) is 55.8 Å². The van der Waals surface area contributed by atoms with Gasteiger partial charge in [-0.15, -0.1) is 0 Å². The molecule has 1 N–H and O–H groups in total. The minimum Gasteiger partial charge on any atom is -0.373 e. The minimum absolute atomic E-state index is 0.0583. The molecule has 3 aliphatic rings. The Kier molecular flexibility index (Phi) is 6.16. The third-order valence-corrected chi connectivity index (χ3v) is 7.88. The highest BCUT2D eigenvalue weighted by Crippen LogP contribution is 2.46. The van der Waals surface area contributed by atoms with Crippen molar-refractivity contribution in [3.05, 3.63) is 64.0 Å². The summed E-state index contributed by atoms with van der Waals surface area (Å²) < 4.78 is 12.2. The fourth-order valence-electron chi connectivity index (χ4n) is 5.46. The number of urea groups is 1. The number of piperidine rings is 1. The molecule has 2 saturated heterocycles. The van der Waals surface area contributed by atoms with Crippen LogP contribution in [0, 0.1) is 0 Å². The maximum absolute atomic E-state index is 13.0. The molecule has 182 valence electrons. The molecule has 1 aliphatic carbocycles. The standard InChI is InChI=1S/C26H26Cl2N4O3/c27-20-4-3-5-21(28)23(20)24-19(25(35-31-24)15-7-8-15)14-34-18-12-16-9-10-17(13-18)32(16)26(33)30-22-6-1-2-11-29-22/h1-6,11,15-18H,7-10,12-14H2,(H,29,30,33). The number of hydrogen-bond acceptors (Lipinski definition) is 5. The molecule has 3 aromatic rings. The van der Waals surface area contributed by atoms with Gasteiger partial charge in [0.1, 0.15) is 17.3 Å². The van der Waals surface area contributed by atoms with Crippen molar-refractivity contribution in [1.29, 1.82) is 0 Å². The molecule has 3 fully saturated rings. The number of halogens is 2. The van der Waals surface area contributed by atoms with E-state index >= 15 is 0 Å². The number of nitrogens with one attached hydrogen (secondary N) is 1. The SMILES string of the molecule is O=C(Nc1ccccn1)N1C2CCC1CC(OCc1c(-c3c(Cl)cccc3Cl)noc1C1CC1)C2. The van der Waals surface area contributed by atoms with E-state index in [2.05, 4.69) is 15.5 Å². The van der Waals surface area contributed by atoms with E-state index in [0.29, 0.717) is 39.6 Å². The topological polar surface area (TPSA) is 80.5 Å². The van der Waals surface area contributed by atoms with Gasteiger partial charge in [-0.05, 0) is 62.8 Å². The number of benzene rings is 1. The molecule has 2 aliphatic heterocycles. The predicted molar refractivity (Wildman–Crippen MR) is 134 cm³/mol. The zero-order valence-electron chi connectivity index (χ0n) is 19.1. The molecule has 2 bridgehead atoms. The van der Waals surface area contributed by atoms with Crippen LogP contribution in [0.4, 0.5) is 10.6 Å². The van der Waals surface area contributed by atoms with Crippen LogP contribution >= 0.6 is 23.2 Å². The van der Waals surface area contributed by atoms with Gasteiger partial charge in [-0.3, -0.25) is 5.32 Å². The molecular formula is C26H26Cl2N4O3. The van der Waals surface area contributed by atoms with Gasteiger partial charge >= 0.3 is 6.03 Å².